The second kappa shape index (κ2) is 6.58. The monoisotopic (exact) mass is 309 g/mol. The first-order chi connectivity index (χ1) is 9.95. The van der Waals surface area contributed by atoms with Gasteiger partial charge in [0.15, 0.2) is 0 Å². The highest BCUT2D eigenvalue weighted by atomic mass is 32.2. The van der Waals surface area contributed by atoms with Crippen LogP contribution in [0.1, 0.15) is 5.56 Å². The van der Waals surface area contributed by atoms with E-state index in [2.05, 4.69) is 5.32 Å². The molecule has 0 aliphatic heterocycles. The van der Waals surface area contributed by atoms with E-state index in [9.17, 15) is 18.7 Å². The molecule has 2 N–H and O–H groups in total. The van der Waals surface area contributed by atoms with Crippen LogP contribution in [0.2, 0.25) is 0 Å². The summed E-state index contributed by atoms with van der Waals surface area (Å²) in [5.41, 5.74) is 1.15. The molecule has 0 saturated carbocycles. The Morgan fingerprint density at radius 1 is 1.24 bits per heavy atom. The van der Waals surface area contributed by atoms with Gasteiger partial charge in [-0.15, -0.1) is 11.8 Å². The maximum Gasteiger partial charge on any atom is 0.234 e. The number of halogens is 2. The minimum atomic E-state index is -0.576. The molecule has 0 radical (unpaired) electrons. The fourth-order valence-electron chi connectivity index (χ4n) is 1.66. The van der Waals surface area contributed by atoms with Gasteiger partial charge in [-0.2, -0.15) is 0 Å². The lowest BCUT2D eigenvalue weighted by atomic mass is 10.2. The van der Waals surface area contributed by atoms with Crippen LogP contribution in [0, 0.1) is 18.6 Å². The first kappa shape index (κ1) is 15.3. The number of benzene rings is 2. The van der Waals surface area contributed by atoms with Gasteiger partial charge in [-0.3, -0.25) is 4.79 Å². The van der Waals surface area contributed by atoms with Gasteiger partial charge in [0.05, 0.1) is 11.4 Å². The molecule has 0 spiro atoms. The molecule has 0 unspecified atom stereocenters. The minimum absolute atomic E-state index is 0.0368. The van der Waals surface area contributed by atoms with Crippen molar-refractivity contribution in [3.8, 4) is 5.75 Å². The van der Waals surface area contributed by atoms with Gasteiger partial charge in [-0.1, -0.05) is 6.07 Å². The van der Waals surface area contributed by atoms with Crippen LogP contribution in [0.25, 0.3) is 0 Å². The molecule has 0 bridgehead atoms. The summed E-state index contributed by atoms with van der Waals surface area (Å²) in [6, 6.07) is 7.92. The molecule has 0 aliphatic carbocycles. The van der Waals surface area contributed by atoms with Crippen LogP contribution < -0.4 is 5.32 Å². The van der Waals surface area contributed by atoms with Gasteiger partial charge in [0, 0.05) is 4.90 Å². The van der Waals surface area contributed by atoms with E-state index < -0.39 is 17.5 Å². The SMILES string of the molecule is Cc1ccc(NC(=O)CSc2cc(F)ccc2F)c(O)c1. The summed E-state index contributed by atoms with van der Waals surface area (Å²) in [4.78, 5) is 11.8. The fourth-order valence-corrected chi connectivity index (χ4v) is 2.43. The van der Waals surface area contributed by atoms with Crippen LogP contribution in [-0.2, 0) is 4.79 Å². The van der Waals surface area contributed by atoms with E-state index in [1.165, 1.54) is 6.07 Å². The number of phenolic OH excluding ortho intramolecular Hbond substituents is 1. The summed E-state index contributed by atoms with van der Waals surface area (Å²) in [6.45, 7) is 1.81. The van der Waals surface area contributed by atoms with E-state index in [0.29, 0.717) is 0 Å². The lowest BCUT2D eigenvalue weighted by Crippen LogP contribution is -2.14. The molecule has 0 saturated heterocycles. The third-order valence-corrected chi connectivity index (χ3v) is 3.71. The Hall–Kier alpha value is -2.08. The third kappa shape index (κ3) is 4.19. The molecular weight excluding hydrogens is 296 g/mol. The van der Waals surface area contributed by atoms with Crippen molar-refractivity contribution < 1.29 is 18.7 Å². The molecule has 2 aromatic rings. The zero-order valence-electron chi connectivity index (χ0n) is 11.2. The number of anilines is 1. The number of thioether (sulfide) groups is 1. The molecule has 0 aliphatic rings. The minimum Gasteiger partial charge on any atom is -0.506 e. The maximum atomic E-state index is 13.4. The van der Waals surface area contributed by atoms with Crippen molar-refractivity contribution in [2.75, 3.05) is 11.1 Å². The van der Waals surface area contributed by atoms with E-state index in [1.807, 2.05) is 6.92 Å². The number of nitrogens with one attached hydrogen (secondary N) is 1. The molecule has 21 heavy (non-hydrogen) atoms. The number of aryl methyl sites for hydroxylation is 1. The number of hydrogen-bond donors (Lipinski definition) is 2. The molecule has 6 heteroatoms. The highest BCUT2D eigenvalue weighted by Gasteiger charge is 2.10. The van der Waals surface area contributed by atoms with Crippen LogP contribution in [0.5, 0.6) is 5.75 Å². The lowest BCUT2D eigenvalue weighted by Gasteiger charge is -2.08. The Morgan fingerprint density at radius 2 is 2.00 bits per heavy atom. The second-order valence-corrected chi connectivity index (χ2v) is 5.45. The quantitative estimate of drug-likeness (QED) is 0.668. The topological polar surface area (TPSA) is 49.3 Å². The molecule has 0 heterocycles. The Bertz CT molecular complexity index is 677. The van der Waals surface area contributed by atoms with Gasteiger partial charge in [0.25, 0.3) is 0 Å². The van der Waals surface area contributed by atoms with Crippen LogP contribution in [0.3, 0.4) is 0 Å². The maximum absolute atomic E-state index is 13.4. The number of rotatable bonds is 4. The standard InChI is InChI=1S/C15H13F2NO2S/c1-9-2-5-12(13(19)6-9)18-15(20)8-21-14-7-10(16)3-4-11(14)17/h2-7,19H,8H2,1H3,(H,18,20). The van der Waals surface area contributed by atoms with Gasteiger partial charge in [0.2, 0.25) is 5.91 Å². The van der Waals surface area contributed by atoms with Crippen LogP contribution in [0.4, 0.5) is 14.5 Å². The summed E-state index contributed by atoms with van der Waals surface area (Å²) in [5, 5.41) is 12.2. The Labute approximate surface area is 125 Å². The van der Waals surface area contributed by atoms with Gasteiger partial charge in [-0.05, 0) is 42.8 Å². The van der Waals surface area contributed by atoms with Gasteiger partial charge in [0.1, 0.15) is 17.4 Å². The van der Waals surface area contributed by atoms with Crippen molar-refractivity contribution in [1.82, 2.24) is 0 Å². The van der Waals surface area contributed by atoms with Crippen molar-refractivity contribution in [3.63, 3.8) is 0 Å². The molecule has 3 nitrogen and oxygen atoms in total. The zero-order chi connectivity index (χ0) is 15.4. The fraction of sp³-hybridized carbons (Fsp3) is 0.133. The average Bonchev–Trinajstić information content (AvgIpc) is 2.43. The van der Waals surface area contributed by atoms with Crippen molar-refractivity contribution in [1.29, 1.82) is 0 Å². The van der Waals surface area contributed by atoms with E-state index >= 15 is 0 Å². The van der Waals surface area contributed by atoms with Crippen molar-refractivity contribution in [2.24, 2.45) is 0 Å². The number of aromatic hydroxyl groups is 1. The first-order valence-corrected chi connectivity index (χ1v) is 7.11. The van der Waals surface area contributed by atoms with E-state index in [1.54, 1.807) is 12.1 Å². The molecule has 2 rings (SSSR count). The smallest absolute Gasteiger partial charge is 0.234 e. The lowest BCUT2D eigenvalue weighted by molar-refractivity contribution is -0.113. The number of carbonyl (C=O) groups is 1. The van der Waals surface area contributed by atoms with Crippen LogP contribution in [0.15, 0.2) is 41.3 Å². The number of carbonyl (C=O) groups excluding carboxylic acids is 1. The zero-order valence-corrected chi connectivity index (χ0v) is 12.0. The molecule has 0 atom stereocenters. The predicted octanol–water partition coefficient (Wildman–Crippen LogP) is 3.71. The molecular formula is C15H13F2NO2S. The first-order valence-electron chi connectivity index (χ1n) is 6.13. The highest BCUT2D eigenvalue weighted by Crippen LogP contribution is 2.26. The average molecular weight is 309 g/mol. The Morgan fingerprint density at radius 3 is 2.71 bits per heavy atom. The number of amides is 1. The van der Waals surface area contributed by atoms with Crippen molar-refractivity contribution >= 4 is 23.4 Å². The largest absolute Gasteiger partial charge is 0.506 e. The molecule has 110 valence electrons. The van der Waals surface area contributed by atoms with Crippen LogP contribution >= 0.6 is 11.8 Å². The van der Waals surface area contributed by atoms with Crippen LogP contribution in [-0.4, -0.2) is 16.8 Å². The normalized spacial score (nSPS) is 10.4. The Balaban J connectivity index is 1.97. The van der Waals surface area contributed by atoms with E-state index in [4.69, 9.17) is 0 Å². The Kier molecular flexibility index (Phi) is 4.80. The number of hydrogen-bond acceptors (Lipinski definition) is 3. The predicted molar refractivity (Wildman–Crippen MR) is 78.6 cm³/mol. The second-order valence-electron chi connectivity index (χ2n) is 4.43. The van der Waals surface area contributed by atoms with Gasteiger partial charge in [-0.25, -0.2) is 8.78 Å². The molecule has 2 aromatic carbocycles. The van der Waals surface area contributed by atoms with Gasteiger partial charge >= 0.3 is 0 Å². The van der Waals surface area contributed by atoms with E-state index in [0.717, 1.165) is 35.5 Å². The summed E-state index contributed by atoms with van der Waals surface area (Å²) in [5.74, 6) is -1.68. The van der Waals surface area contributed by atoms with E-state index in [-0.39, 0.29) is 22.1 Å². The highest BCUT2D eigenvalue weighted by molar-refractivity contribution is 8.00. The summed E-state index contributed by atoms with van der Waals surface area (Å²) >= 11 is 0.889. The van der Waals surface area contributed by atoms with Crippen molar-refractivity contribution in [3.05, 3.63) is 53.6 Å². The number of phenols is 1. The summed E-state index contributed by atoms with van der Waals surface area (Å²) < 4.78 is 26.4. The summed E-state index contributed by atoms with van der Waals surface area (Å²) in [7, 11) is 0. The summed E-state index contributed by atoms with van der Waals surface area (Å²) in [6.07, 6.45) is 0. The van der Waals surface area contributed by atoms with Gasteiger partial charge < -0.3 is 10.4 Å². The van der Waals surface area contributed by atoms with Crippen molar-refractivity contribution in [2.45, 2.75) is 11.8 Å². The molecule has 0 fully saturated rings. The molecule has 0 aromatic heterocycles. The molecule has 1 amide bonds. The third-order valence-electron chi connectivity index (χ3n) is 2.68.